The van der Waals surface area contributed by atoms with Crippen molar-refractivity contribution in [3.05, 3.63) is 17.0 Å². The molecule has 76 valence electrons. The van der Waals surface area contributed by atoms with Crippen LogP contribution < -0.4 is 0 Å². The molecule has 4 heteroatoms. The molecule has 0 radical (unpaired) electrons. The van der Waals surface area contributed by atoms with E-state index < -0.39 is 0 Å². The van der Waals surface area contributed by atoms with Crippen LogP contribution in [0.1, 0.15) is 30.8 Å². The Morgan fingerprint density at radius 3 is 3.07 bits per heavy atom. The lowest BCUT2D eigenvalue weighted by Crippen LogP contribution is -2.34. The van der Waals surface area contributed by atoms with E-state index in [1.165, 1.54) is 11.3 Å². The number of rotatable bonds is 1. The maximum absolute atomic E-state index is 11.2. The Labute approximate surface area is 83.3 Å². The minimum atomic E-state index is 0.152. The van der Waals surface area contributed by atoms with Gasteiger partial charge in [-0.1, -0.05) is 6.92 Å². The smallest absolute Gasteiger partial charge is 0.219 e. The second-order valence-corrected chi connectivity index (χ2v) is 3.67. The molecule has 14 heavy (non-hydrogen) atoms. The number of carbonyl (C=O) groups excluding carboxylic acids is 1. The molecule has 1 aliphatic heterocycles. The van der Waals surface area contributed by atoms with Gasteiger partial charge >= 0.3 is 0 Å². The van der Waals surface area contributed by atoms with Crippen molar-refractivity contribution >= 4 is 5.91 Å². The van der Waals surface area contributed by atoms with Gasteiger partial charge in [0.15, 0.2) is 0 Å². The van der Waals surface area contributed by atoms with Crippen LogP contribution in [-0.2, 0) is 24.2 Å². The Balaban J connectivity index is 2.27. The highest BCUT2D eigenvalue weighted by Crippen LogP contribution is 2.20. The minimum absolute atomic E-state index is 0.152. The molecule has 2 rings (SSSR count). The van der Waals surface area contributed by atoms with E-state index in [2.05, 4.69) is 17.1 Å². The van der Waals surface area contributed by atoms with Gasteiger partial charge in [0, 0.05) is 37.7 Å². The van der Waals surface area contributed by atoms with Crippen molar-refractivity contribution in [2.24, 2.45) is 0 Å². The number of hydrogen-bond acceptors (Lipinski definition) is 2. The predicted molar refractivity (Wildman–Crippen MR) is 52.8 cm³/mol. The van der Waals surface area contributed by atoms with E-state index >= 15 is 0 Å². The number of nitrogens with one attached hydrogen (secondary N) is 1. The zero-order valence-corrected chi connectivity index (χ0v) is 8.63. The van der Waals surface area contributed by atoms with Crippen LogP contribution in [0, 0.1) is 0 Å². The van der Waals surface area contributed by atoms with E-state index in [0.717, 1.165) is 31.6 Å². The largest absolute Gasteiger partial charge is 0.338 e. The molecule has 0 fully saturated rings. The van der Waals surface area contributed by atoms with Crippen molar-refractivity contribution in [3.8, 4) is 0 Å². The Morgan fingerprint density at radius 2 is 2.43 bits per heavy atom. The van der Waals surface area contributed by atoms with Gasteiger partial charge in [-0.15, -0.1) is 0 Å². The van der Waals surface area contributed by atoms with E-state index in [0.29, 0.717) is 0 Å². The Morgan fingerprint density at radius 1 is 1.64 bits per heavy atom. The summed E-state index contributed by atoms with van der Waals surface area (Å²) in [5.41, 5.74) is 3.54. The predicted octanol–water partition coefficient (Wildman–Crippen LogP) is 0.877. The van der Waals surface area contributed by atoms with E-state index in [-0.39, 0.29) is 5.91 Å². The van der Waals surface area contributed by atoms with E-state index in [1.807, 2.05) is 4.90 Å². The molecule has 0 spiro atoms. The van der Waals surface area contributed by atoms with Crippen molar-refractivity contribution in [2.75, 3.05) is 6.54 Å². The molecule has 0 saturated carbocycles. The number of aromatic nitrogens is 2. The third-order valence-corrected chi connectivity index (χ3v) is 2.80. The molecule has 1 N–H and O–H groups in total. The van der Waals surface area contributed by atoms with Gasteiger partial charge in [-0.2, -0.15) is 5.10 Å². The molecule has 0 unspecified atom stereocenters. The Bertz CT molecular complexity index is 343. The third-order valence-electron chi connectivity index (χ3n) is 2.80. The molecule has 1 aromatic heterocycles. The number of carbonyl (C=O) groups is 1. The van der Waals surface area contributed by atoms with Gasteiger partial charge in [-0.3, -0.25) is 9.89 Å². The molecule has 0 atom stereocenters. The molecular weight excluding hydrogens is 178 g/mol. The minimum Gasteiger partial charge on any atom is -0.338 e. The maximum atomic E-state index is 11.2. The van der Waals surface area contributed by atoms with E-state index in [4.69, 9.17) is 0 Å². The van der Waals surface area contributed by atoms with Gasteiger partial charge < -0.3 is 4.90 Å². The summed E-state index contributed by atoms with van der Waals surface area (Å²) in [4.78, 5) is 13.1. The fourth-order valence-electron chi connectivity index (χ4n) is 1.92. The van der Waals surface area contributed by atoms with Crippen LogP contribution >= 0.6 is 0 Å². The third kappa shape index (κ3) is 1.41. The average molecular weight is 193 g/mol. The molecule has 4 nitrogen and oxygen atoms in total. The van der Waals surface area contributed by atoms with Crippen LogP contribution in [0.3, 0.4) is 0 Å². The number of aromatic amines is 1. The number of H-pyrrole nitrogens is 1. The van der Waals surface area contributed by atoms with Crippen LogP contribution in [0.4, 0.5) is 0 Å². The van der Waals surface area contributed by atoms with Crippen LogP contribution in [0.2, 0.25) is 0 Å². The van der Waals surface area contributed by atoms with Crippen molar-refractivity contribution in [1.29, 1.82) is 0 Å². The number of fused-ring (bicyclic) bond motifs is 1. The second kappa shape index (κ2) is 3.44. The first-order valence-electron chi connectivity index (χ1n) is 5.03. The molecular formula is C10H15N3O. The monoisotopic (exact) mass is 193 g/mol. The van der Waals surface area contributed by atoms with Gasteiger partial charge in [0.1, 0.15) is 0 Å². The van der Waals surface area contributed by atoms with Crippen LogP contribution in [0.25, 0.3) is 0 Å². The first-order valence-corrected chi connectivity index (χ1v) is 5.03. The number of hydrogen-bond donors (Lipinski definition) is 1. The highest BCUT2D eigenvalue weighted by atomic mass is 16.2. The van der Waals surface area contributed by atoms with Crippen LogP contribution in [-0.4, -0.2) is 27.5 Å². The first kappa shape index (κ1) is 9.24. The number of nitrogens with zero attached hydrogens (tertiary/aromatic N) is 2. The van der Waals surface area contributed by atoms with Crippen LogP contribution in [0.15, 0.2) is 0 Å². The SMILES string of the molecule is CCc1n[nH]c2c1CN(C(C)=O)CC2. The highest BCUT2D eigenvalue weighted by Gasteiger charge is 2.22. The Hall–Kier alpha value is -1.32. The van der Waals surface area contributed by atoms with Crippen LogP contribution in [0.5, 0.6) is 0 Å². The normalized spacial score (nSPS) is 15.4. The molecule has 1 aromatic rings. The summed E-state index contributed by atoms with van der Waals surface area (Å²) in [6.45, 7) is 5.25. The maximum Gasteiger partial charge on any atom is 0.219 e. The van der Waals surface area contributed by atoms with Crippen molar-refractivity contribution in [3.63, 3.8) is 0 Å². The molecule has 0 bridgehead atoms. The van der Waals surface area contributed by atoms with E-state index in [1.54, 1.807) is 6.92 Å². The average Bonchev–Trinajstić information content (AvgIpc) is 2.59. The molecule has 0 aliphatic carbocycles. The van der Waals surface area contributed by atoms with Gasteiger partial charge in [0.2, 0.25) is 5.91 Å². The molecule has 1 aliphatic rings. The summed E-state index contributed by atoms with van der Waals surface area (Å²) in [5, 5.41) is 7.30. The van der Waals surface area contributed by atoms with Gasteiger partial charge in [-0.25, -0.2) is 0 Å². The van der Waals surface area contributed by atoms with Gasteiger partial charge in [-0.05, 0) is 6.42 Å². The second-order valence-electron chi connectivity index (χ2n) is 3.67. The van der Waals surface area contributed by atoms with Gasteiger partial charge in [0.05, 0.1) is 5.69 Å². The number of aryl methyl sites for hydroxylation is 1. The number of amides is 1. The van der Waals surface area contributed by atoms with Crippen molar-refractivity contribution < 1.29 is 4.79 Å². The standard InChI is InChI=1S/C10H15N3O/c1-3-9-8-6-13(7(2)14)5-4-10(8)12-11-9/h3-6H2,1-2H3,(H,11,12). The fourth-order valence-corrected chi connectivity index (χ4v) is 1.92. The molecule has 0 saturated heterocycles. The first-order chi connectivity index (χ1) is 6.72. The van der Waals surface area contributed by atoms with Crippen molar-refractivity contribution in [1.82, 2.24) is 15.1 Å². The highest BCUT2D eigenvalue weighted by molar-refractivity contribution is 5.73. The zero-order valence-electron chi connectivity index (χ0n) is 8.63. The lowest BCUT2D eigenvalue weighted by Gasteiger charge is -2.25. The van der Waals surface area contributed by atoms with Crippen molar-refractivity contribution in [2.45, 2.75) is 33.2 Å². The summed E-state index contributed by atoms with van der Waals surface area (Å²) < 4.78 is 0. The summed E-state index contributed by atoms with van der Waals surface area (Å²) in [7, 11) is 0. The fraction of sp³-hybridized carbons (Fsp3) is 0.600. The topological polar surface area (TPSA) is 49.0 Å². The lowest BCUT2D eigenvalue weighted by molar-refractivity contribution is -0.129. The van der Waals surface area contributed by atoms with Gasteiger partial charge in [0.25, 0.3) is 0 Å². The molecule has 2 heterocycles. The Kier molecular flexibility index (Phi) is 2.27. The summed E-state index contributed by atoms with van der Waals surface area (Å²) in [5.74, 6) is 0.152. The summed E-state index contributed by atoms with van der Waals surface area (Å²) >= 11 is 0. The molecule has 0 aromatic carbocycles. The van der Waals surface area contributed by atoms with E-state index in [9.17, 15) is 4.79 Å². The molecule has 1 amide bonds. The zero-order chi connectivity index (χ0) is 10.1. The quantitative estimate of drug-likeness (QED) is 0.719. The summed E-state index contributed by atoms with van der Waals surface area (Å²) in [6.07, 6.45) is 1.83. The lowest BCUT2D eigenvalue weighted by atomic mass is 10.0. The summed E-state index contributed by atoms with van der Waals surface area (Å²) in [6, 6.07) is 0.